The van der Waals surface area contributed by atoms with E-state index >= 15 is 0 Å². The van der Waals surface area contributed by atoms with Crippen LogP contribution in [0.2, 0.25) is 10.0 Å². The number of furan rings is 1. The highest BCUT2D eigenvalue weighted by Crippen LogP contribution is 2.37. The Bertz CT molecular complexity index is 2080. The predicted molar refractivity (Wildman–Crippen MR) is 208 cm³/mol. The number of pyridine rings is 1. The van der Waals surface area contributed by atoms with Gasteiger partial charge in [-0.25, -0.2) is 9.78 Å². The van der Waals surface area contributed by atoms with E-state index in [9.17, 15) is 9.59 Å². The van der Waals surface area contributed by atoms with Gasteiger partial charge in [-0.1, -0.05) is 71.7 Å². The predicted octanol–water partition coefficient (Wildman–Crippen LogP) is 8.12. The molecule has 5 heterocycles. The molecule has 0 spiro atoms. The van der Waals surface area contributed by atoms with Crippen molar-refractivity contribution in [3.8, 4) is 17.2 Å². The number of hydrogen-bond acceptors (Lipinski definition) is 10. The van der Waals surface area contributed by atoms with Crippen LogP contribution in [0.25, 0.3) is 0 Å². The third-order valence-electron chi connectivity index (χ3n) is 10.4. The van der Waals surface area contributed by atoms with Crippen LogP contribution >= 0.6 is 23.2 Å². The number of H-pyrrole nitrogens is 1. The van der Waals surface area contributed by atoms with Gasteiger partial charge in [0.05, 0.1) is 20.6 Å². The molecule has 3 atom stereocenters. The topological polar surface area (TPSA) is 141 Å². The van der Waals surface area contributed by atoms with E-state index in [-0.39, 0.29) is 48.7 Å². The van der Waals surface area contributed by atoms with E-state index in [2.05, 4.69) is 9.88 Å². The number of ether oxygens (including phenoxy) is 5. The van der Waals surface area contributed by atoms with Crippen LogP contribution in [0.15, 0.2) is 102 Å². The summed E-state index contributed by atoms with van der Waals surface area (Å²) in [6, 6.07) is 26.1. The molecule has 8 rings (SSSR count). The molecular formula is C43H44Cl2N2O9. The molecule has 0 saturated carbocycles. The van der Waals surface area contributed by atoms with Gasteiger partial charge in [-0.2, -0.15) is 0 Å². The fraction of sp³-hybridized carbons (Fsp3) is 0.326. The van der Waals surface area contributed by atoms with Crippen molar-refractivity contribution < 1.29 is 48.2 Å². The summed E-state index contributed by atoms with van der Waals surface area (Å²) in [4.78, 5) is 32.2. The molecular weight excluding hydrogens is 759 g/mol. The zero-order chi connectivity index (χ0) is 38.3. The number of methoxy groups -OCH3 is 2. The molecule has 3 aliphatic rings. The number of fused-ring (bicyclic) bond motifs is 3. The third kappa shape index (κ3) is 9.65. The second-order valence-electron chi connectivity index (χ2n) is 13.8. The molecule has 3 aliphatic heterocycles. The number of halogens is 2. The number of nitrogens with zero attached hydrogens (tertiary/aromatic N) is 1. The molecule has 11 nitrogen and oxygen atoms in total. The Morgan fingerprint density at radius 1 is 0.857 bits per heavy atom. The zero-order valence-electron chi connectivity index (χ0n) is 31.1. The largest absolute Gasteiger partial charge is 0.870 e. The Morgan fingerprint density at radius 2 is 1.59 bits per heavy atom. The smallest absolute Gasteiger partial charge is 0.374 e. The number of nitrogens with one attached hydrogen (secondary N) is 1. The highest BCUT2D eigenvalue weighted by Gasteiger charge is 2.37. The van der Waals surface area contributed by atoms with E-state index in [1.54, 1.807) is 49.8 Å². The fourth-order valence-corrected chi connectivity index (χ4v) is 7.94. The second-order valence-corrected chi connectivity index (χ2v) is 14.6. The lowest BCUT2D eigenvalue weighted by atomic mass is 9.85. The van der Waals surface area contributed by atoms with Gasteiger partial charge in [-0.15, -0.1) is 0 Å². The molecule has 3 saturated heterocycles. The Balaban J connectivity index is 0.00000532. The van der Waals surface area contributed by atoms with Crippen LogP contribution in [0.4, 0.5) is 0 Å². The molecule has 3 fully saturated rings. The molecule has 0 aliphatic carbocycles. The van der Waals surface area contributed by atoms with Gasteiger partial charge >= 0.3 is 11.9 Å². The molecule has 1 unspecified atom stereocenters. The molecule has 0 amide bonds. The number of rotatable bonds is 15. The van der Waals surface area contributed by atoms with Gasteiger partial charge in [0.25, 0.3) is 0 Å². The van der Waals surface area contributed by atoms with Crippen molar-refractivity contribution in [1.29, 1.82) is 0 Å². The van der Waals surface area contributed by atoms with E-state index in [4.69, 9.17) is 51.3 Å². The normalized spacial score (nSPS) is 18.2. The van der Waals surface area contributed by atoms with Crippen molar-refractivity contribution in [2.45, 2.75) is 50.4 Å². The van der Waals surface area contributed by atoms with E-state index in [0.717, 1.165) is 43.6 Å². The maximum Gasteiger partial charge on any atom is 0.374 e. The summed E-state index contributed by atoms with van der Waals surface area (Å²) >= 11 is 13.0. The third-order valence-corrected chi connectivity index (χ3v) is 11.0. The Labute approximate surface area is 335 Å². The van der Waals surface area contributed by atoms with Gasteiger partial charge in [-0.3, -0.25) is 9.69 Å². The summed E-state index contributed by atoms with van der Waals surface area (Å²) in [5.41, 5.74) is 3.19. The summed E-state index contributed by atoms with van der Waals surface area (Å²) in [5, 5.41) is 0.796. The van der Waals surface area contributed by atoms with Crippen molar-refractivity contribution in [1.82, 2.24) is 4.90 Å². The number of aromatic nitrogens is 1. The fourth-order valence-electron chi connectivity index (χ4n) is 7.41. The van der Waals surface area contributed by atoms with E-state index in [1.165, 1.54) is 7.11 Å². The van der Waals surface area contributed by atoms with Crippen LogP contribution in [-0.2, 0) is 27.3 Å². The summed E-state index contributed by atoms with van der Waals surface area (Å²) < 4.78 is 35.1. The molecule has 2 N–H and O–H groups in total. The Morgan fingerprint density at radius 3 is 2.29 bits per heavy atom. The maximum atomic E-state index is 13.5. The number of piperidine rings is 3. The lowest BCUT2D eigenvalue weighted by Crippen LogP contribution is -2.52. The van der Waals surface area contributed by atoms with Crippen molar-refractivity contribution >= 4 is 35.1 Å². The zero-order valence-corrected chi connectivity index (χ0v) is 32.6. The SMILES string of the molecule is COc1ccc(C(Cc2c(Cl)c[nH+]cc2Cl)OC(=O)c2ccc(COc3cccc([C@@H](CC(=O)O[C@H]4CN5CCC4CC5)c4ccccc4)c3)o2)cc1OC.[OH-]. The molecule has 2 bridgehead atoms. The number of hydrogen-bond donors (Lipinski definition) is 0. The maximum absolute atomic E-state index is 13.5. The van der Waals surface area contributed by atoms with E-state index in [0.29, 0.717) is 50.1 Å². The first-order chi connectivity index (χ1) is 26.8. The molecule has 0 radical (unpaired) electrons. The van der Waals surface area contributed by atoms with Gasteiger partial charge in [0.15, 0.2) is 23.9 Å². The lowest BCUT2D eigenvalue weighted by Gasteiger charge is -2.44. The van der Waals surface area contributed by atoms with Crippen LogP contribution < -0.4 is 19.2 Å². The summed E-state index contributed by atoms with van der Waals surface area (Å²) in [6.07, 6.45) is 4.93. The van der Waals surface area contributed by atoms with Gasteiger partial charge < -0.3 is 33.6 Å². The van der Waals surface area contributed by atoms with E-state index in [1.807, 2.05) is 54.6 Å². The second kappa shape index (κ2) is 18.7. The monoisotopic (exact) mass is 802 g/mol. The average Bonchev–Trinajstić information content (AvgIpc) is 3.70. The first-order valence-corrected chi connectivity index (χ1v) is 19.1. The van der Waals surface area contributed by atoms with Gasteiger partial charge in [0.1, 0.15) is 40.4 Å². The minimum Gasteiger partial charge on any atom is -0.870 e. The first kappa shape index (κ1) is 40.6. The number of carbonyl (C=O) groups is 2. The van der Waals surface area contributed by atoms with E-state index < -0.39 is 12.1 Å². The molecule has 294 valence electrons. The molecule has 2 aromatic heterocycles. The van der Waals surface area contributed by atoms with Gasteiger partial charge in [-0.05, 0) is 84.9 Å². The van der Waals surface area contributed by atoms with Crippen LogP contribution in [-0.4, -0.2) is 62.3 Å². The molecule has 3 aromatic carbocycles. The van der Waals surface area contributed by atoms with Crippen molar-refractivity contribution in [3.63, 3.8) is 0 Å². The Kier molecular flexibility index (Phi) is 13.6. The first-order valence-electron chi connectivity index (χ1n) is 18.3. The van der Waals surface area contributed by atoms with Crippen molar-refractivity contribution in [3.05, 3.63) is 141 Å². The summed E-state index contributed by atoms with van der Waals surface area (Å²) in [6.45, 7) is 3.04. The molecule has 5 aromatic rings. The Hall–Kier alpha value is -5.07. The quantitative estimate of drug-likeness (QED) is 0.0954. The standard InChI is InChI=1S/C43H42Cl2N2O8.H2O/c1-50-37-13-11-30(20-40(37)51-2)39(21-34-35(44)23-46-24-36(34)45)55-43(49)38-14-12-32(53-38)26-52-31-10-6-9-29(19-31)33(27-7-4-3-5-8-27)22-42(48)54-41-25-47-17-15-28(41)16-18-47;/h3-14,19-20,23-24,28,33,39,41H,15-18,21-22,25-26H2,1-2H3;1H2/t33-,39?,41-;/m0./s1. The van der Waals surface area contributed by atoms with Gasteiger partial charge in [0, 0.05) is 24.4 Å². The van der Waals surface area contributed by atoms with Crippen LogP contribution in [0.3, 0.4) is 0 Å². The van der Waals surface area contributed by atoms with Crippen molar-refractivity contribution in [2.75, 3.05) is 33.9 Å². The molecule has 13 heteroatoms. The number of esters is 2. The van der Waals surface area contributed by atoms with Crippen molar-refractivity contribution in [2.24, 2.45) is 5.92 Å². The van der Waals surface area contributed by atoms with Crippen LogP contribution in [0.5, 0.6) is 17.2 Å². The van der Waals surface area contributed by atoms with Crippen LogP contribution in [0.1, 0.15) is 69.9 Å². The molecule has 56 heavy (non-hydrogen) atoms. The number of carbonyl (C=O) groups excluding carboxylic acids is 2. The summed E-state index contributed by atoms with van der Waals surface area (Å²) in [7, 11) is 3.08. The number of aromatic amines is 1. The minimum atomic E-state index is -0.803. The highest BCUT2D eigenvalue weighted by atomic mass is 35.5. The minimum absolute atomic E-state index is 0. The highest BCUT2D eigenvalue weighted by molar-refractivity contribution is 6.35. The average molecular weight is 804 g/mol. The van der Waals surface area contributed by atoms with Gasteiger partial charge in [0.2, 0.25) is 5.76 Å². The lowest BCUT2D eigenvalue weighted by molar-refractivity contribution is -0.377. The summed E-state index contributed by atoms with van der Waals surface area (Å²) in [5.74, 6) is 1.35. The van der Waals surface area contributed by atoms with Crippen LogP contribution in [0, 0.1) is 5.92 Å². The number of benzene rings is 3.